The van der Waals surface area contributed by atoms with Gasteiger partial charge < -0.3 is 10.2 Å². The van der Waals surface area contributed by atoms with E-state index in [-0.39, 0.29) is 5.91 Å². The second-order valence-corrected chi connectivity index (χ2v) is 4.96. The number of carbonyl (C=O) groups excluding carboxylic acids is 1. The molecule has 1 N–H and O–H groups in total. The van der Waals surface area contributed by atoms with Crippen LogP contribution in [0.25, 0.3) is 0 Å². The Labute approximate surface area is 91.6 Å². The number of hydrogen-bond donors (Lipinski definition) is 1. The molecule has 0 aromatic carbocycles. The van der Waals surface area contributed by atoms with E-state index in [2.05, 4.69) is 14.9 Å². The molecule has 1 aromatic rings. The van der Waals surface area contributed by atoms with Crippen LogP contribution in [0.4, 0.5) is 0 Å². The van der Waals surface area contributed by atoms with Gasteiger partial charge in [-0.2, -0.15) is 0 Å². The fraction of sp³-hybridized carbons (Fsp3) is 0.667. The van der Waals surface area contributed by atoms with Crippen molar-refractivity contribution < 1.29 is 4.79 Å². The summed E-state index contributed by atoms with van der Waals surface area (Å²) in [5.41, 5.74) is 0. The molecule has 0 saturated carbocycles. The molecule has 0 radical (unpaired) electrons. The van der Waals surface area contributed by atoms with E-state index in [0.29, 0.717) is 16.7 Å². The molecule has 6 heteroatoms. The molecule has 0 aliphatic carbocycles. The Kier molecular flexibility index (Phi) is 2.17. The number of nitrogens with one attached hydrogen (secondary N) is 1. The average Bonchev–Trinajstić information content (AvgIpc) is 2.92. The Morgan fingerprint density at radius 3 is 2.80 bits per heavy atom. The standard InChI is InChI=1S/C9H12N4OS/c14-9(8-3-11-12-15-8)13-4-6-1-10-2-7(6)5-13/h3,6-7,10H,1-2,4-5H2. The molecule has 2 aliphatic rings. The molecule has 0 spiro atoms. The largest absolute Gasteiger partial charge is 0.337 e. The molecule has 5 nitrogen and oxygen atoms in total. The summed E-state index contributed by atoms with van der Waals surface area (Å²) in [5, 5.41) is 7.05. The van der Waals surface area contributed by atoms with Gasteiger partial charge in [0, 0.05) is 26.2 Å². The van der Waals surface area contributed by atoms with Gasteiger partial charge in [0.1, 0.15) is 4.88 Å². The third-order valence-electron chi connectivity index (χ3n) is 3.25. The van der Waals surface area contributed by atoms with Crippen LogP contribution in [-0.4, -0.2) is 46.6 Å². The molecule has 2 fully saturated rings. The minimum atomic E-state index is 0.0967. The van der Waals surface area contributed by atoms with Crippen molar-refractivity contribution >= 4 is 17.4 Å². The molecule has 15 heavy (non-hydrogen) atoms. The zero-order valence-corrected chi connectivity index (χ0v) is 9.04. The highest BCUT2D eigenvalue weighted by molar-refractivity contribution is 7.07. The fourth-order valence-electron chi connectivity index (χ4n) is 2.44. The normalized spacial score (nSPS) is 29.5. The Hall–Kier alpha value is -1.01. The summed E-state index contributed by atoms with van der Waals surface area (Å²) in [5.74, 6) is 1.39. The third-order valence-corrected chi connectivity index (χ3v) is 3.90. The van der Waals surface area contributed by atoms with Crippen molar-refractivity contribution in [1.29, 1.82) is 0 Å². The van der Waals surface area contributed by atoms with E-state index < -0.39 is 0 Å². The average molecular weight is 224 g/mol. The molecule has 2 aliphatic heterocycles. The highest BCUT2D eigenvalue weighted by atomic mass is 32.1. The van der Waals surface area contributed by atoms with Crippen LogP contribution in [-0.2, 0) is 0 Å². The van der Waals surface area contributed by atoms with Crippen LogP contribution in [0.1, 0.15) is 9.67 Å². The molecule has 1 amide bonds. The van der Waals surface area contributed by atoms with E-state index in [1.165, 1.54) is 11.5 Å². The van der Waals surface area contributed by atoms with Crippen LogP contribution in [0.2, 0.25) is 0 Å². The summed E-state index contributed by atoms with van der Waals surface area (Å²) >= 11 is 1.18. The van der Waals surface area contributed by atoms with Gasteiger partial charge in [-0.15, -0.1) is 5.10 Å². The molecule has 80 valence electrons. The van der Waals surface area contributed by atoms with E-state index in [1.807, 2.05) is 4.90 Å². The Morgan fingerprint density at radius 2 is 2.20 bits per heavy atom. The van der Waals surface area contributed by atoms with E-state index in [0.717, 1.165) is 26.2 Å². The Balaban J connectivity index is 1.72. The van der Waals surface area contributed by atoms with Crippen molar-refractivity contribution in [1.82, 2.24) is 19.8 Å². The lowest BCUT2D eigenvalue weighted by Crippen LogP contribution is -2.31. The summed E-state index contributed by atoms with van der Waals surface area (Å²) in [6.45, 7) is 3.87. The number of hydrogen-bond acceptors (Lipinski definition) is 5. The lowest BCUT2D eigenvalue weighted by molar-refractivity contribution is 0.0786. The highest BCUT2D eigenvalue weighted by Gasteiger charge is 2.38. The van der Waals surface area contributed by atoms with Crippen LogP contribution < -0.4 is 5.32 Å². The van der Waals surface area contributed by atoms with Gasteiger partial charge in [0.05, 0.1) is 6.20 Å². The van der Waals surface area contributed by atoms with Gasteiger partial charge in [-0.1, -0.05) is 4.49 Å². The quantitative estimate of drug-likeness (QED) is 0.719. The number of nitrogens with zero attached hydrogens (tertiary/aromatic N) is 3. The van der Waals surface area contributed by atoms with Crippen molar-refractivity contribution in [2.45, 2.75) is 0 Å². The maximum atomic E-state index is 12.0. The van der Waals surface area contributed by atoms with Gasteiger partial charge in [0.25, 0.3) is 5.91 Å². The van der Waals surface area contributed by atoms with E-state index in [4.69, 9.17) is 0 Å². The van der Waals surface area contributed by atoms with Crippen LogP contribution in [0.15, 0.2) is 6.20 Å². The first-order valence-corrected chi connectivity index (χ1v) is 5.89. The minimum absolute atomic E-state index is 0.0967. The molecule has 0 bridgehead atoms. The van der Waals surface area contributed by atoms with Gasteiger partial charge in [-0.3, -0.25) is 4.79 Å². The monoisotopic (exact) mass is 224 g/mol. The summed E-state index contributed by atoms with van der Waals surface area (Å²) in [7, 11) is 0. The molecule has 2 atom stereocenters. The van der Waals surface area contributed by atoms with Crippen LogP contribution in [0.3, 0.4) is 0 Å². The maximum absolute atomic E-state index is 12.0. The number of fused-ring (bicyclic) bond motifs is 1. The SMILES string of the molecule is O=C(c1cnns1)N1CC2CNCC2C1. The van der Waals surface area contributed by atoms with Crippen LogP contribution in [0, 0.1) is 11.8 Å². The molecule has 3 rings (SSSR count). The smallest absolute Gasteiger partial charge is 0.267 e. The number of carbonyl (C=O) groups is 1. The van der Waals surface area contributed by atoms with Gasteiger partial charge in [-0.05, 0) is 23.4 Å². The molecule has 1 aromatic heterocycles. The van der Waals surface area contributed by atoms with Crippen molar-refractivity contribution in [3.8, 4) is 0 Å². The number of aromatic nitrogens is 2. The lowest BCUT2D eigenvalue weighted by atomic mass is 10.0. The zero-order chi connectivity index (χ0) is 10.3. The van der Waals surface area contributed by atoms with Gasteiger partial charge in [0.15, 0.2) is 0 Å². The van der Waals surface area contributed by atoms with E-state index in [9.17, 15) is 4.79 Å². The van der Waals surface area contributed by atoms with Gasteiger partial charge in [-0.25, -0.2) is 0 Å². The Morgan fingerprint density at radius 1 is 1.47 bits per heavy atom. The first kappa shape index (κ1) is 9.23. The maximum Gasteiger partial charge on any atom is 0.267 e. The fourth-order valence-corrected chi connectivity index (χ4v) is 2.92. The predicted molar refractivity (Wildman–Crippen MR) is 55.7 cm³/mol. The predicted octanol–water partition coefficient (Wildman–Crippen LogP) is -0.171. The van der Waals surface area contributed by atoms with Gasteiger partial charge >= 0.3 is 0 Å². The summed E-state index contributed by atoms with van der Waals surface area (Å²) < 4.78 is 3.72. The third kappa shape index (κ3) is 1.53. The summed E-state index contributed by atoms with van der Waals surface area (Å²) in [6, 6.07) is 0. The summed E-state index contributed by atoms with van der Waals surface area (Å²) in [4.78, 5) is 14.6. The topological polar surface area (TPSA) is 58.1 Å². The van der Waals surface area contributed by atoms with Crippen molar-refractivity contribution in [3.63, 3.8) is 0 Å². The second kappa shape index (κ2) is 3.53. The molecular weight excluding hydrogens is 212 g/mol. The number of rotatable bonds is 1. The van der Waals surface area contributed by atoms with E-state index >= 15 is 0 Å². The summed E-state index contributed by atoms with van der Waals surface area (Å²) in [6.07, 6.45) is 1.55. The molecular formula is C9H12N4OS. The zero-order valence-electron chi connectivity index (χ0n) is 8.22. The molecule has 3 heterocycles. The second-order valence-electron chi connectivity index (χ2n) is 4.17. The first-order chi connectivity index (χ1) is 7.34. The lowest BCUT2D eigenvalue weighted by Gasteiger charge is -2.15. The Bertz CT molecular complexity index is 354. The van der Waals surface area contributed by atoms with Crippen LogP contribution in [0.5, 0.6) is 0 Å². The van der Waals surface area contributed by atoms with Gasteiger partial charge in [0.2, 0.25) is 0 Å². The molecule has 2 unspecified atom stereocenters. The number of likely N-dealkylation sites (tertiary alicyclic amines) is 1. The van der Waals surface area contributed by atoms with Crippen molar-refractivity contribution in [2.24, 2.45) is 11.8 Å². The van der Waals surface area contributed by atoms with Crippen molar-refractivity contribution in [2.75, 3.05) is 26.2 Å². The minimum Gasteiger partial charge on any atom is -0.337 e. The van der Waals surface area contributed by atoms with Crippen molar-refractivity contribution in [3.05, 3.63) is 11.1 Å². The first-order valence-electron chi connectivity index (χ1n) is 5.12. The van der Waals surface area contributed by atoms with E-state index in [1.54, 1.807) is 6.20 Å². The molecule has 2 saturated heterocycles. The van der Waals surface area contributed by atoms with Crippen LogP contribution >= 0.6 is 11.5 Å². The number of amides is 1. The highest BCUT2D eigenvalue weighted by Crippen LogP contribution is 2.27.